The number of benzene rings is 1. The zero-order valence-corrected chi connectivity index (χ0v) is 12.8. The molecule has 0 bridgehead atoms. The molecule has 0 saturated heterocycles. The third-order valence-corrected chi connectivity index (χ3v) is 3.21. The lowest BCUT2D eigenvalue weighted by Crippen LogP contribution is -2.17. The number of carbonyl (C=O) groups is 2. The van der Waals surface area contributed by atoms with Gasteiger partial charge in [-0.05, 0) is 24.3 Å². The zero-order valence-electron chi connectivity index (χ0n) is 12.1. The van der Waals surface area contributed by atoms with Crippen LogP contribution < -0.4 is 10.1 Å². The molecule has 2 rings (SSSR count). The van der Waals surface area contributed by atoms with E-state index in [2.05, 4.69) is 15.2 Å². The molecule has 0 aliphatic rings. The number of anilines is 1. The van der Waals surface area contributed by atoms with Crippen LogP contribution in [0, 0.1) is 0 Å². The van der Waals surface area contributed by atoms with E-state index in [-0.39, 0.29) is 29.4 Å². The van der Waals surface area contributed by atoms with Gasteiger partial charge in [0, 0.05) is 18.3 Å². The third-order valence-electron chi connectivity index (χ3n) is 2.92. The number of halogens is 3. The fraction of sp³-hybridized carbons (Fsp3) is 0.214. The number of hydrogen-bond acceptors (Lipinski definition) is 4. The number of aromatic carboxylic acids is 1. The molecule has 0 saturated carbocycles. The summed E-state index contributed by atoms with van der Waals surface area (Å²) in [5, 5.41) is 15.2. The number of aryl methyl sites for hydroxylation is 1. The van der Waals surface area contributed by atoms with Gasteiger partial charge >= 0.3 is 12.6 Å². The molecule has 1 aromatic carbocycles. The van der Waals surface area contributed by atoms with Gasteiger partial charge in [0.15, 0.2) is 0 Å². The Balaban J connectivity index is 1.94. The molecule has 0 atom stereocenters. The lowest BCUT2D eigenvalue weighted by Gasteiger charge is -2.10. The summed E-state index contributed by atoms with van der Waals surface area (Å²) in [5.41, 5.74) is 0.268. The van der Waals surface area contributed by atoms with Crippen molar-refractivity contribution in [2.45, 2.75) is 19.6 Å². The van der Waals surface area contributed by atoms with Crippen molar-refractivity contribution in [2.75, 3.05) is 5.32 Å². The minimum Gasteiger partial charge on any atom is -0.477 e. The number of nitrogens with zero attached hydrogens (tertiary/aromatic N) is 2. The van der Waals surface area contributed by atoms with Crippen LogP contribution in [0.4, 0.5) is 14.5 Å². The second-order valence-corrected chi connectivity index (χ2v) is 4.97. The normalized spacial score (nSPS) is 10.7. The average molecular weight is 360 g/mol. The Morgan fingerprint density at radius 1 is 1.38 bits per heavy atom. The Morgan fingerprint density at radius 2 is 2.12 bits per heavy atom. The van der Waals surface area contributed by atoms with Crippen LogP contribution in [-0.2, 0) is 11.3 Å². The molecule has 128 valence electrons. The number of rotatable bonds is 7. The van der Waals surface area contributed by atoms with E-state index in [1.807, 2.05) is 0 Å². The minimum absolute atomic E-state index is 0.0284. The molecule has 0 aliphatic carbocycles. The van der Waals surface area contributed by atoms with Crippen LogP contribution in [-0.4, -0.2) is 33.4 Å². The van der Waals surface area contributed by atoms with Crippen molar-refractivity contribution >= 4 is 29.2 Å². The van der Waals surface area contributed by atoms with Crippen LogP contribution in [0.5, 0.6) is 5.75 Å². The molecule has 1 amide bonds. The molecule has 24 heavy (non-hydrogen) atoms. The number of hydrogen-bond donors (Lipinski definition) is 2. The van der Waals surface area contributed by atoms with Crippen LogP contribution >= 0.6 is 11.6 Å². The van der Waals surface area contributed by atoms with Crippen LogP contribution in [0.3, 0.4) is 0 Å². The number of carboxylic acids is 1. The van der Waals surface area contributed by atoms with Crippen molar-refractivity contribution in [1.82, 2.24) is 9.78 Å². The van der Waals surface area contributed by atoms with E-state index < -0.39 is 18.5 Å². The number of aromatic nitrogens is 2. The molecule has 0 radical (unpaired) electrons. The average Bonchev–Trinajstić information content (AvgIpc) is 2.96. The Kier molecular flexibility index (Phi) is 5.69. The highest BCUT2D eigenvalue weighted by molar-refractivity contribution is 6.32. The molecular weight excluding hydrogens is 348 g/mol. The SMILES string of the molecule is O=C(CCn1nccc1C(=O)O)Nc1ccc(OC(F)F)c(Cl)c1. The third kappa shape index (κ3) is 4.66. The summed E-state index contributed by atoms with van der Waals surface area (Å²) in [6.45, 7) is -2.93. The van der Waals surface area contributed by atoms with Gasteiger partial charge < -0.3 is 15.2 Å². The number of amides is 1. The molecule has 10 heteroatoms. The zero-order chi connectivity index (χ0) is 17.7. The summed E-state index contributed by atoms with van der Waals surface area (Å²) < 4.78 is 29.7. The molecule has 7 nitrogen and oxygen atoms in total. The smallest absolute Gasteiger partial charge is 0.387 e. The maximum atomic E-state index is 12.1. The lowest BCUT2D eigenvalue weighted by molar-refractivity contribution is -0.116. The van der Waals surface area contributed by atoms with Crippen molar-refractivity contribution in [2.24, 2.45) is 0 Å². The van der Waals surface area contributed by atoms with Crippen molar-refractivity contribution in [3.05, 3.63) is 41.2 Å². The number of ether oxygens (including phenoxy) is 1. The number of nitrogens with one attached hydrogen (secondary N) is 1. The monoisotopic (exact) mass is 359 g/mol. The Hall–Kier alpha value is -2.68. The topological polar surface area (TPSA) is 93.5 Å². The van der Waals surface area contributed by atoms with E-state index in [4.69, 9.17) is 16.7 Å². The van der Waals surface area contributed by atoms with Gasteiger partial charge in [-0.25, -0.2) is 4.79 Å². The molecule has 0 fully saturated rings. The summed E-state index contributed by atoms with van der Waals surface area (Å²) in [6.07, 6.45) is 1.29. The van der Waals surface area contributed by atoms with Crippen LogP contribution in [0.25, 0.3) is 0 Å². The first-order valence-corrected chi connectivity index (χ1v) is 7.04. The first kappa shape index (κ1) is 17.7. The van der Waals surface area contributed by atoms with Gasteiger partial charge in [0.1, 0.15) is 11.4 Å². The fourth-order valence-electron chi connectivity index (χ4n) is 1.89. The fourth-order valence-corrected chi connectivity index (χ4v) is 2.12. The van der Waals surface area contributed by atoms with Crippen LogP contribution in [0.15, 0.2) is 30.5 Å². The van der Waals surface area contributed by atoms with Gasteiger partial charge in [-0.2, -0.15) is 13.9 Å². The van der Waals surface area contributed by atoms with E-state index >= 15 is 0 Å². The van der Waals surface area contributed by atoms with Crippen molar-refractivity contribution in [3.63, 3.8) is 0 Å². The van der Waals surface area contributed by atoms with Crippen molar-refractivity contribution in [1.29, 1.82) is 0 Å². The summed E-state index contributed by atoms with van der Waals surface area (Å²) >= 11 is 5.78. The largest absolute Gasteiger partial charge is 0.477 e. The van der Waals surface area contributed by atoms with Gasteiger partial charge in [0.25, 0.3) is 0 Å². The highest BCUT2D eigenvalue weighted by Gasteiger charge is 2.13. The predicted octanol–water partition coefficient (Wildman–Crippen LogP) is 2.86. The lowest BCUT2D eigenvalue weighted by atomic mass is 10.3. The van der Waals surface area contributed by atoms with E-state index in [9.17, 15) is 18.4 Å². The summed E-state index contributed by atoms with van der Waals surface area (Å²) in [4.78, 5) is 22.8. The van der Waals surface area contributed by atoms with Crippen molar-refractivity contribution < 1.29 is 28.2 Å². The first-order chi connectivity index (χ1) is 11.4. The number of carboxylic acid groups (broad SMARTS) is 1. The molecule has 0 unspecified atom stereocenters. The molecular formula is C14H12ClF2N3O4. The van der Waals surface area contributed by atoms with Gasteiger partial charge in [-0.3, -0.25) is 9.48 Å². The highest BCUT2D eigenvalue weighted by atomic mass is 35.5. The molecule has 0 aliphatic heterocycles. The summed E-state index contributed by atoms with van der Waals surface area (Å²) in [7, 11) is 0. The van der Waals surface area contributed by atoms with E-state index in [1.54, 1.807) is 0 Å². The number of alkyl halides is 2. The second kappa shape index (κ2) is 7.73. The van der Waals surface area contributed by atoms with Crippen LogP contribution in [0.1, 0.15) is 16.9 Å². The maximum Gasteiger partial charge on any atom is 0.387 e. The first-order valence-electron chi connectivity index (χ1n) is 6.66. The van der Waals surface area contributed by atoms with Gasteiger partial charge in [-0.15, -0.1) is 0 Å². The Bertz CT molecular complexity index is 751. The maximum absolute atomic E-state index is 12.1. The van der Waals surface area contributed by atoms with E-state index in [0.717, 1.165) is 0 Å². The molecule has 2 aromatic rings. The highest BCUT2D eigenvalue weighted by Crippen LogP contribution is 2.28. The predicted molar refractivity (Wildman–Crippen MR) is 80.5 cm³/mol. The van der Waals surface area contributed by atoms with E-state index in [0.29, 0.717) is 5.69 Å². The Labute approximate surface area is 139 Å². The van der Waals surface area contributed by atoms with Gasteiger partial charge in [0.05, 0.1) is 11.6 Å². The molecule has 1 aromatic heterocycles. The van der Waals surface area contributed by atoms with Gasteiger partial charge in [0.2, 0.25) is 5.91 Å². The number of carbonyl (C=O) groups excluding carboxylic acids is 1. The molecule has 1 heterocycles. The Morgan fingerprint density at radius 3 is 2.75 bits per heavy atom. The summed E-state index contributed by atoms with van der Waals surface area (Å²) in [6, 6.07) is 5.16. The molecule has 2 N–H and O–H groups in total. The quantitative estimate of drug-likeness (QED) is 0.792. The second-order valence-electron chi connectivity index (χ2n) is 4.57. The van der Waals surface area contributed by atoms with Crippen LogP contribution in [0.2, 0.25) is 5.02 Å². The standard InChI is InChI=1S/C14H12ClF2N3O4/c15-9-7-8(1-2-11(9)24-14(16)17)19-12(21)4-6-20-10(13(22)23)3-5-18-20/h1-3,5,7,14H,4,6H2,(H,19,21)(H,22,23). The van der Waals surface area contributed by atoms with Gasteiger partial charge in [-0.1, -0.05) is 11.6 Å². The molecule has 0 spiro atoms. The van der Waals surface area contributed by atoms with Crippen molar-refractivity contribution in [3.8, 4) is 5.75 Å². The minimum atomic E-state index is -3.00. The summed E-state index contributed by atoms with van der Waals surface area (Å²) in [5.74, 6) is -1.76. The van der Waals surface area contributed by atoms with E-state index in [1.165, 1.54) is 35.1 Å².